The van der Waals surface area contributed by atoms with Crippen LogP contribution in [-0.4, -0.2) is 48.4 Å². The highest BCUT2D eigenvalue weighted by Gasteiger charge is 2.21. The average Bonchev–Trinajstić information content (AvgIpc) is 3.00. The maximum atomic E-state index is 12.0. The fraction of sp³-hybridized carbons (Fsp3) is 0.667. The minimum absolute atomic E-state index is 0. The Balaban J connectivity index is 0.00000625. The molecule has 26 heavy (non-hydrogen) atoms. The molecule has 1 amide bonds. The molecule has 0 aliphatic rings. The summed E-state index contributed by atoms with van der Waals surface area (Å²) in [6.07, 6.45) is 3.65. The van der Waals surface area contributed by atoms with Crippen LogP contribution in [0.15, 0.2) is 29.5 Å². The summed E-state index contributed by atoms with van der Waals surface area (Å²) in [6.45, 7) is 11.9. The lowest BCUT2D eigenvalue weighted by Gasteiger charge is -2.26. The zero-order valence-electron chi connectivity index (χ0n) is 16.7. The molecule has 1 atom stereocenters. The maximum Gasteiger partial charge on any atom is 0.407 e. The molecule has 1 aromatic heterocycles. The smallest absolute Gasteiger partial charge is 0.407 e. The Labute approximate surface area is 174 Å². The molecule has 3 N–H and O–H groups in total. The van der Waals surface area contributed by atoms with Gasteiger partial charge in [0.1, 0.15) is 5.60 Å². The monoisotopic (exact) mass is 479 g/mol. The first-order chi connectivity index (χ1) is 11.7. The highest BCUT2D eigenvalue weighted by atomic mass is 127. The molecule has 1 heterocycles. The van der Waals surface area contributed by atoms with E-state index in [0.29, 0.717) is 12.5 Å². The SMILES string of the molecule is CN=C(NCCn1cccc1)NCC(NC(=O)OC(C)(C)C)C(C)C.I. The fourth-order valence-electron chi connectivity index (χ4n) is 2.16. The number of nitrogens with one attached hydrogen (secondary N) is 3. The lowest BCUT2D eigenvalue weighted by Crippen LogP contribution is -2.50. The second-order valence-corrected chi connectivity index (χ2v) is 7.30. The number of guanidine groups is 1. The lowest BCUT2D eigenvalue weighted by atomic mass is 10.0. The minimum atomic E-state index is -0.505. The second-order valence-electron chi connectivity index (χ2n) is 7.30. The van der Waals surface area contributed by atoms with Crippen LogP contribution < -0.4 is 16.0 Å². The van der Waals surface area contributed by atoms with E-state index in [9.17, 15) is 4.79 Å². The number of hydrogen-bond acceptors (Lipinski definition) is 3. The van der Waals surface area contributed by atoms with E-state index in [2.05, 4.69) is 39.4 Å². The summed E-state index contributed by atoms with van der Waals surface area (Å²) < 4.78 is 7.43. The Kier molecular flexibility index (Phi) is 11.4. The molecular weight excluding hydrogens is 445 g/mol. The maximum absolute atomic E-state index is 12.0. The van der Waals surface area contributed by atoms with Gasteiger partial charge in [0.2, 0.25) is 0 Å². The summed E-state index contributed by atoms with van der Waals surface area (Å²) in [6, 6.07) is 3.95. The summed E-state index contributed by atoms with van der Waals surface area (Å²) in [5.74, 6) is 0.974. The van der Waals surface area contributed by atoms with E-state index in [-0.39, 0.29) is 35.9 Å². The van der Waals surface area contributed by atoms with Crippen molar-refractivity contribution in [3.63, 3.8) is 0 Å². The third kappa shape index (κ3) is 10.5. The van der Waals surface area contributed by atoms with E-state index < -0.39 is 11.7 Å². The number of halogens is 1. The first-order valence-electron chi connectivity index (χ1n) is 8.76. The molecule has 0 aliphatic heterocycles. The van der Waals surface area contributed by atoms with Crippen molar-refractivity contribution in [2.24, 2.45) is 10.9 Å². The molecule has 1 rings (SSSR count). The Morgan fingerprint density at radius 2 is 1.81 bits per heavy atom. The number of ether oxygens (including phenoxy) is 1. The Bertz CT molecular complexity index is 538. The first kappa shape index (κ1) is 24.6. The van der Waals surface area contributed by atoms with Crippen molar-refractivity contribution < 1.29 is 9.53 Å². The molecule has 0 saturated heterocycles. The molecule has 0 bridgehead atoms. The summed E-state index contributed by atoms with van der Waals surface area (Å²) in [7, 11) is 1.73. The molecule has 0 spiro atoms. The van der Waals surface area contributed by atoms with Crippen molar-refractivity contribution in [3.05, 3.63) is 24.5 Å². The van der Waals surface area contributed by atoms with E-state index in [1.165, 1.54) is 0 Å². The number of amides is 1. The first-order valence-corrected chi connectivity index (χ1v) is 8.76. The number of aliphatic imine (C=N–C) groups is 1. The van der Waals surface area contributed by atoms with Crippen LogP contribution in [0, 0.1) is 5.92 Å². The standard InChI is InChI=1S/C18H33N5O2.HI/c1-14(2)15(22-17(24)25-18(3,4)5)13-21-16(19-6)20-9-12-23-10-7-8-11-23;/h7-8,10-11,14-15H,9,12-13H2,1-6H3,(H,22,24)(H2,19,20,21);1H. The normalized spacial score (nSPS) is 13.0. The Morgan fingerprint density at radius 3 is 2.31 bits per heavy atom. The van der Waals surface area contributed by atoms with Gasteiger partial charge in [-0.05, 0) is 38.8 Å². The van der Waals surface area contributed by atoms with Crippen LogP contribution in [0.3, 0.4) is 0 Å². The molecule has 150 valence electrons. The number of carbonyl (C=O) groups is 1. The van der Waals surface area contributed by atoms with Crippen LogP contribution >= 0.6 is 24.0 Å². The van der Waals surface area contributed by atoms with E-state index >= 15 is 0 Å². The van der Waals surface area contributed by atoms with Gasteiger partial charge in [-0.3, -0.25) is 4.99 Å². The lowest BCUT2D eigenvalue weighted by molar-refractivity contribution is 0.0491. The predicted molar refractivity (Wildman–Crippen MR) is 117 cm³/mol. The largest absolute Gasteiger partial charge is 0.444 e. The van der Waals surface area contributed by atoms with Gasteiger partial charge in [0.05, 0.1) is 6.04 Å². The zero-order chi connectivity index (χ0) is 18.9. The fourth-order valence-corrected chi connectivity index (χ4v) is 2.16. The van der Waals surface area contributed by atoms with E-state index in [4.69, 9.17) is 4.74 Å². The molecule has 0 aromatic carbocycles. The van der Waals surface area contributed by atoms with Crippen molar-refractivity contribution in [1.82, 2.24) is 20.5 Å². The molecular formula is C18H34IN5O2. The number of nitrogens with zero attached hydrogens (tertiary/aromatic N) is 2. The quantitative estimate of drug-likeness (QED) is 0.319. The predicted octanol–water partition coefficient (Wildman–Crippen LogP) is 2.82. The molecule has 1 aromatic rings. The highest BCUT2D eigenvalue weighted by molar-refractivity contribution is 14.0. The Morgan fingerprint density at radius 1 is 1.19 bits per heavy atom. The number of aromatic nitrogens is 1. The number of alkyl carbamates (subject to hydrolysis) is 1. The van der Waals surface area contributed by atoms with Gasteiger partial charge in [0, 0.05) is 39.1 Å². The van der Waals surface area contributed by atoms with Gasteiger partial charge in [-0.2, -0.15) is 0 Å². The van der Waals surface area contributed by atoms with Crippen LogP contribution in [-0.2, 0) is 11.3 Å². The number of rotatable bonds is 7. The summed E-state index contributed by atoms with van der Waals surface area (Å²) in [5, 5.41) is 9.45. The molecule has 7 nitrogen and oxygen atoms in total. The van der Waals surface area contributed by atoms with Crippen LogP contribution in [0.2, 0.25) is 0 Å². The topological polar surface area (TPSA) is 79.7 Å². The molecule has 0 aliphatic carbocycles. The minimum Gasteiger partial charge on any atom is -0.444 e. The van der Waals surface area contributed by atoms with Crippen molar-refractivity contribution >= 4 is 36.0 Å². The van der Waals surface area contributed by atoms with Crippen molar-refractivity contribution in [2.45, 2.75) is 52.8 Å². The molecule has 1 unspecified atom stereocenters. The van der Waals surface area contributed by atoms with Gasteiger partial charge in [-0.25, -0.2) is 4.79 Å². The Hall–Kier alpha value is -1.45. The van der Waals surface area contributed by atoms with Crippen LogP contribution in [0.1, 0.15) is 34.6 Å². The van der Waals surface area contributed by atoms with Gasteiger partial charge in [0.15, 0.2) is 5.96 Å². The third-order valence-electron chi connectivity index (χ3n) is 3.55. The second kappa shape index (κ2) is 12.0. The van der Waals surface area contributed by atoms with Gasteiger partial charge in [-0.15, -0.1) is 24.0 Å². The average molecular weight is 479 g/mol. The molecule has 8 heteroatoms. The number of carbonyl (C=O) groups excluding carboxylic acids is 1. The highest BCUT2D eigenvalue weighted by Crippen LogP contribution is 2.08. The van der Waals surface area contributed by atoms with Gasteiger partial charge >= 0.3 is 6.09 Å². The van der Waals surface area contributed by atoms with Crippen LogP contribution in [0.5, 0.6) is 0 Å². The summed E-state index contributed by atoms with van der Waals surface area (Å²) in [5.41, 5.74) is -0.505. The van der Waals surface area contributed by atoms with Gasteiger partial charge < -0.3 is 25.3 Å². The van der Waals surface area contributed by atoms with Crippen molar-refractivity contribution in [1.29, 1.82) is 0 Å². The van der Waals surface area contributed by atoms with E-state index in [1.54, 1.807) is 7.05 Å². The van der Waals surface area contributed by atoms with Gasteiger partial charge in [-0.1, -0.05) is 13.8 Å². The summed E-state index contributed by atoms with van der Waals surface area (Å²) >= 11 is 0. The summed E-state index contributed by atoms with van der Waals surface area (Å²) in [4.78, 5) is 16.2. The zero-order valence-corrected chi connectivity index (χ0v) is 19.0. The van der Waals surface area contributed by atoms with Crippen molar-refractivity contribution in [2.75, 3.05) is 20.1 Å². The molecule has 0 radical (unpaired) electrons. The van der Waals surface area contributed by atoms with Crippen LogP contribution in [0.25, 0.3) is 0 Å². The van der Waals surface area contributed by atoms with E-state index in [0.717, 1.165) is 13.1 Å². The van der Waals surface area contributed by atoms with E-state index in [1.807, 2.05) is 45.3 Å². The van der Waals surface area contributed by atoms with Crippen LogP contribution in [0.4, 0.5) is 4.79 Å². The van der Waals surface area contributed by atoms with Gasteiger partial charge in [0.25, 0.3) is 0 Å². The molecule has 0 fully saturated rings. The third-order valence-corrected chi connectivity index (χ3v) is 3.55. The number of hydrogen-bond donors (Lipinski definition) is 3. The molecule has 0 saturated carbocycles. The van der Waals surface area contributed by atoms with Crippen molar-refractivity contribution in [3.8, 4) is 0 Å².